The lowest BCUT2D eigenvalue weighted by Gasteiger charge is -2.12. The summed E-state index contributed by atoms with van der Waals surface area (Å²) in [6.07, 6.45) is 0.672. The van der Waals surface area contributed by atoms with Crippen LogP contribution in [0.4, 0.5) is 0 Å². The van der Waals surface area contributed by atoms with Gasteiger partial charge in [-0.2, -0.15) is 10.2 Å². The lowest BCUT2D eigenvalue weighted by molar-refractivity contribution is -0.136. The molecular weight excluding hydrogens is 394 g/mol. The number of halogens is 1. The predicted molar refractivity (Wildman–Crippen MR) is 109 cm³/mol. The zero-order valence-electron chi connectivity index (χ0n) is 16.3. The summed E-state index contributed by atoms with van der Waals surface area (Å²) in [6, 6.07) is 12.4. The summed E-state index contributed by atoms with van der Waals surface area (Å²) in [4.78, 5) is 12.2. The molecule has 1 aromatic heterocycles. The van der Waals surface area contributed by atoms with E-state index in [1.807, 2.05) is 13.8 Å². The van der Waals surface area contributed by atoms with Gasteiger partial charge in [0.05, 0.1) is 31.0 Å². The van der Waals surface area contributed by atoms with Crippen LogP contribution in [0, 0.1) is 13.8 Å². The zero-order valence-corrected chi connectivity index (χ0v) is 17.0. The third-order valence-corrected chi connectivity index (χ3v) is 4.48. The molecule has 0 aliphatic rings. The summed E-state index contributed by atoms with van der Waals surface area (Å²) in [6.45, 7) is 4.72. The number of aliphatic carboxylic acids is 1. The van der Waals surface area contributed by atoms with E-state index in [0.29, 0.717) is 41.8 Å². The van der Waals surface area contributed by atoms with Crippen molar-refractivity contribution in [2.24, 2.45) is 0 Å². The van der Waals surface area contributed by atoms with Crippen LogP contribution in [-0.2, 0) is 11.2 Å². The van der Waals surface area contributed by atoms with Gasteiger partial charge in [-0.25, -0.2) is 0 Å². The molecule has 0 aliphatic carbocycles. The third kappa shape index (κ3) is 5.71. The SMILES string of the molecule is Cc1nn(-c2cc(Cl)ccc2OCCCOc2ccc(CC(=O)O)cc2)nc1C. The van der Waals surface area contributed by atoms with Gasteiger partial charge in [0.1, 0.15) is 17.2 Å². The monoisotopic (exact) mass is 415 g/mol. The molecule has 0 radical (unpaired) electrons. The number of hydrogen-bond acceptors (Lipinski definition) is 5. The Morgan fingerprint density at radius 2 is 1.69 bits per heavy atom. The molecular formula is C21H22ClN3O4. The van der Waals surface area contributed by atoms with Crippen LogP contribution in [0.25, 0.3) is 5.69 Å². The molecule has 8 heteroatoms. The van der Waals surface area contributed by atoms with Gasteiger partial charge in [-0.05, 0) is 49.7 Å². The number of rotatable bonds is 9. The highest BCUT2D eigenvalue weighted by Crippen LogP contribution is 2.26. The van der Waals surface area contributed by atoms with Gasteiger partial charge < -0.3 is 14.6 Å². The van der Waals surface area contributed by atoms with Crippen LogP contribution in [0.1, 0.15) is 23.4 Å². The standard InChI is InChI=1S/C21H22ClN3O4/c1-14-15(2)24-25(23-14)19-13-17(22)6-9-20(19)29-11-3-10-28-18-7-4-16(5-8-18)12-21(26)27/h4-9,13H,3,10-12H2,1-2H3,(H,26,27). The Kier molecular flexibility index (Phi) is 6.72. The molecule has 29 heavy (non-hydrogen) atoms. The number of benzene rings is 2. The van der Waals surface area contributed by atoms with E-state index < -0.39 is 5.97 Å². The summed E-state index contributed by atoms with van der Waals surface area (Å²) in [5.41, 5.74) is 3.11. The highest BCUT2D eigenvalue weighted by Gasteiger charge is 2.11. The molecule has 1 heterocycles. The molecule has 0 saturated carbocycles. The second-order valence-electron chi connectivity index (χ2n) is 6.54. The van der Waals surface area contributed by atoms with Gasteiger partial charge >= 0.3 is 5.97 Å². The van der Waals surface area contributed by atoms with Crippen LogP contribution < -0.4 is 9.47 Å². The van der Waals surface area contributed by atoms with Crippen LogP contribution in [0.5, 0.6) is 11.5 Å². The minimum atomic E-state index is -0.854. The first-order chi connectivity index (χ1) is 13.9. The van der Waals surface area contributed by atoms with Crippen molar-refractivity contribution >= 4 is 17.6 Å². The number of ether oxygens (including phenoxy) is 2. The van der Waals surface area contributed by atoms with Gasteiger partial charge in [0.25, 0.3) is 0 Å². The number of carboxylic acids is 1. The number of aromatic nitrogens is 3. The Balaban J connectivity index is 1.52. The molecule has 3 rings (SSSR count). The topological polar surface area (TPSA) is 86.5 Å². The first-order valence-corrected chi connectivity index (χ1v) is 9.57. The normalized spacial score (nSPS) is 10.7. The van der Waals surface area contributed by atoms with Gasteiger partial charge in [0.2, 0.25) is 0 Å². The van der Waals surface area contributed by atoms with Crippen molar-refractivity contribution in [3.8, 4) is 17.2 Å². The highest BCUT2D eigenvalue weighted by atomic mass is 35.5. The van der Waals surface area contributed by atoms with Crippen molar-refractivity contribution in [3.05, 3.63) is 64.4 Å². The lowest BCUT2D eigenvalue weighted by Crippen LogP contribution is -2.08. The fourth-order valence-electron chi connectivity index (χ4n) is 2.64. The third-order valence-electron chi connectivity index (χ3n) is 4.24. The molecule has 0 unspecified atom stereocenters. The fraction of sp³-hybridized carbons (Fsp3) is 0.286. The maximum atomic E-state index is 10.7. The van der Waals surface area contributed by atoms with E-state index in [9.17, 15) is 4.79 Å². The summed E-state index contributed by atoms with van der Waals surface area (Å²) in [5.74, 6) is 0.480. The van der Waals surface area contributed by atoms with Crippen LogP contribution >= 0.6 is 11.6 Å². The molecule has 7 nitrogen and oxygen atoms in total. The summed E-state index contributed by atoms with van der Waals surface area (Å²) in [5, 5.41) is 18.2. The number of nitrogens with zero attached hydrogens (tertiary/aromatic N) is 3. The van der Waals surface area contributed by atoms with Gasteiger partial charge in [0.15, 0.2) is 0 Å². The number of carbonyl (C=O) groups is 1. The minimum absolute atomic E-state index is 0.00169. The van der Waals surface area contributed by atoms with Crippen molar-refractivity contribution in [2.75, 3.05) is 13.2 Å². The van der Waals surface area contributed by atoms with E-state index in [1.165, 1.54) is 4.80 Å². The number of hydrogen-bond donors (Lipinski definition) is 1. The maximum absolute atomic E-state index is 10.7. The number of carboxylic acid groups (broad SMARTS) is 1. The van der Waals surface area contributed by atoms with E-state index in [-0.39, 0.29) is 6.42 Å². The molecule has 2 aromatic carbocycles. The molecule has 0 atom stereocenters. The van der Waals surface area contributed by atoms with Gasteiger partial charge in [-0.1, -0.05) is 23.7 Å². The number of aryl methyl sites for hydroxylation is 2. The summed E-state index contributed by atoms with van der Waals surface area (Å²) >= 11 is 6.13. The fourth-order valence-corrected chi connectivity index (χ4v) is 2.80. The van der Waals surface area contributed by atoms with Crippen molar-refractivity contribution in [1.82, 2.24) is 15.0 Å². The molecule has 0 fully saturated rings. The minimum Gasteiger partial charge on any atom is -0.493 e. The largest absolute Gasteiger partial charge is 0.493 e. The average Bonchev–Trinajstić information content (AvgIpc) is 3.02. The molecule has 0 bridgehead atoms. The first-order valence-electron chi connectivity index (χ1n) is 9.19. The van der Waals surface area contributed by atoms with Crippen LogP contribution in [0.15, 0.2) is 42.5 Å². The first kappa shape index (κ1) is 20.7. The molecule has 1 N–H and O–H groups in total. The van der Waals surface area contributed by atoms with Crippen molar-refractivity contribution in [1.29, 1.82) is 0 Å². The highest BCUT2D eigenvalue weighted by molar-refractivity contribution is 6.30. The molecule has 0 amide bonds. The molecule has 152 valence electrons. The molecule has 0 saturated heterocycles. The Morgan fingerprint density at radius 3 is 2.34 bits per heavy atom. The maximum Gasteiger partial charge on any atom is 0.307 e. The smallest absolute Gasteiger partial charge is 0.307 e. The van der Waals surface area contributed by atoms with E-state index in [4.69, 9.17) is 26.2 Å². The van der Waals surface area contributed by atoms with Crippen LogP contribution in [0.2, 0.25) is 5.02 Å². The van der Waals surface area contributed by atoms with Gasteiger partial charge in [-0.3, -0.25) is 4.79 Å². The zero-order chi connectivity index (χ0) is 20.8. The second-order valence-corrected chi connectivity index (χ2v) is 6.97. The van der Waals surface area contributed by atoms with Crippen LogP contribution in [-0.4, -0.2) is 39.3 Å². The van der Waals surface area contributed by atoms with E-state index in [0.717, 1.165) is 17.0 Å². The Bertz CT molecular complexity index is 967. The van der Waals surface area contributed by atoms with Gasteiger partial charge in [-0.15, -0.1) is 4.80 Å². The van der Waals surface area contributed by atoms with Crippen molar-refractivity contribution in [3.63, 3.8) is 0 Å². The van der Waals surface area contributed by atoms with Crippen LogP contribution in [0.3, 0.4) is 0 Å². The van der Waals surface area contributed by atoms with E-state index in [1.54, 1.807) is 42.5 Å². The van der Waals surface area contributed by atoms with Gasteiger partial charge in [0, 0.05) is 11.4 Å². The summed E-state index contributed by atoms with van der Waals surface area (Å²) in [7, 11) is 0. The Hall–Kier alpha value is -3.06. The quantitative estimate of drug-likeness (QED) is 0.531. The molecule has 3 aromatic rings. The van der Waals surface area contributed by atoms with Crippen molar-refractivity contribution < 1.29 is 19.4 Å². The average molecular weight is 416 g/mol. The van der Waals surface area contributed by atoms with E-state index >= 15 is 0 Å². The van der Waals surface area contributed by atoms with Crippen molar-refractivity contribution in [2.45, 2.75) is 26.7 Å². The molecule has 0 spiro atoms. The Morgan fingerprint density at radius 1 is 1.03 bits per heavy atom. The van der Waals surface area contributed by atoms with E-state index in [2.05, 4.69) is 10.2 Å². The summed E-state index contributed by atoms with van der Waals surface area (Å²) < 4.78 is 11.6. The second kappa shape index (κ2) is 9.43. The predicted octanol–water partition coefficient (Wildman–Crippen LogP) is 4.01. The lowest BCUT2D eigenvalue weighted by atomic mass is 10.1. The Labute approximate surface area is 173 Å². The molecule has 0 aliphatic heterocycles.